The molecule has 0 fully saturated rings. The van der Waals surface area contributed by atoms with Crippen LogP contribution in [0.15, 0.2) is 90.6 Å². The lowest BCUT2D eigenvalue weighted by Gasteiger charge is -2.13. The van der Waals surface area contributed by atoms with Crippen molar-refractivity contribution in [3.05, 3.63) is 96.2 Å². The molecule has 0 saturated heterocycles. The number of rotatable bonds is 6. The number of anilines is 1. The zero-order valence-electron chi connectivity index (χ0n) is 14.3. The lowest BCUT2D eigenvalue weighted by atomic mass is 10.1. The summed E-state index contributed by atoms with van der Waals surface area (Å²) in [5.41, 5.74) is 2.10. The number of aromatic hydroxyl groups is 1. The van der Waals surface area contributed by atoms with Crippen LogP contribution in [-0.2, 0) is 0 Å². The van der Waals surface area contributed by atoms with E-state index >= 15 is 0 Å². The number of hydrogen-bond donors (Lipinski definition) is 2. The molecule has 0 spiro atoms. The molecule has 0 aromatic heterocycles. The van der Waals surface area contributed by atoms with Crippen LogP contribution in [0.1, 0.15) is 17.3 Å². The highest BCUT2D eigenvalue weighted by Crippen LogP contribution is 2.30. The van der Waals surface area contributed by atoms with Crippen LogP contribution in [0.4, 0.5) is 5.69 Å². The van der Waals surface area contributed by atoms with Crippen molar-refractivity contribution in [2.45, 2.75) is 6.92 Å². The third-order valence-electron chi connectivity index (χ3n) is 3.69. The SMILES string of the molecule is C/C(=C/C(=O)c1ccccc1)Nc1ccccc1Oc1ccc(O)cc1. The Balaban J connectivity index is 1.76. The van der Waals surface area contributed by atoms with E-state index in [0.717, 1.165) is 5.69 Å². The molecule has 130 valence electrons. The molecular formula is C22H19NO3. The van der Waals surface area contributed by atoms with E-state index in [4.69, 9.17) is 4.74 Å². The van der Waals surface area contributed by atoms with Gasteiger partial charge in [-0.3, -0.25) is 4.79 Å². The maximum Gasteiger partial charge on any atom is 0.187 e. The molecule has 0 radical (unpaired) electrons. The number of nitrogens with one attached hydrogen (secondary N) is 1. The summed E-state index contributed by atoms with van der Waals surface area (Å²) in [6, 6.07) is 23.1. The van der Waals surface area contributed by atoms with Crippen LogP contribution < -0.4 is 10.1 Å². The van der Waals surface area contributed by atoms with Crippen molar-refractivity contribution in [3.63, 3.8) is 0 Å². The normalized spacial score (nSPS) is 11.0. The van der Waals surface area contributed by atoms with Gasteiger partial charge in [-0.25, -0.2) is 0 Å². The van der Waals surface area contributed by atoms with E-state index in [2.05, 4.69) is 5.32 Å². The summed E-state index contributed by atoms with van der Waals surface area (Å²) in [5, 5.41) is 12.6. The highest BCUT2D eigenvalue weighted by molar-refractivity contribution is 6.05. The monoisotopic (exact) mass is 345 g/mol. The van der Waals surface area contributed by atoms with E-state index in [0.29, 0.717) is 22.8 Å². The zero-order chi connectivity index (χ0) is 18.4. The molecule has 3 rings (SSSR count). The lowest BCUT2D eigenvalue weighted by molar-refractivity contribution is 0.104. The van der Waals surface area contributed by atoms with Gasteiger partial charge in [-0.05, 0) is 43.3 Å². The molecule has 0 amide bonds. The molecule has 0 aliphatic rings. The Bertz CT molecular complexity index is 916. The number of carbonyl (C=O) groups is 1. The van der Waals surface area contributed by atoms with Crippen molar-refractivity contribution in [2.75, 3.05) is 5.32 Å². The van der Waals surface area contributed by atoms with Crippen molar-refractivity contribution < 1.29 is 14.6 Å². The second-order valence-corrected chi connectivity index (χ2v) is 5.77. The second kappa shape index (κ2) is 8.03. The quantitative estimate of drug-likeness (QED) is 0.465. The third kappa shape index (κ3) is 4.51. The summed E-state index contributed by atoms with van der Waals surface area (Å²) < 4.78 is 5.87. The standard InChI is InChI=1S/C22H19NO3/c1-16(15-21(25)17-7-3-2-4-8-17)23-20-9-5-6-10-22(20)26-19-13-11-18(24)12-14-19/h2-15,23-24H,1H3/b16-15-. The Morgan fingerprint density at radius 1 is 0.923 bits per heavy atom. The van der Waals surface area contributed by atoms with Gasteiger partial charge in [0, 0.05) is 17.3 Å². The summed E-state index contributed by atoms with van der Waals surface area (Å²) >= 11 is 0. The smallest absolute Gasteiger partial charge is 0.187 e. The Kier molecular flexibility index (Phi) is 5.34. The van der Waals surface area contributed by atoms with E-state index < -0.39 is 0 Å². The molecule has 0 heterocycles. The Labute approximate surface area is 152 Å². The molecule has 0 atom stereocenters. The van der Waals surface area contributed by atoms with Crippen LogP contribution in [0.3, 0.4) is 0 Å². The first-order chi connectivity index (χ1) is 12.6. The number of phenolic OH excluding ortho intramolecular Hbond substituents is 1. The number of benzene rings is 3. The number of allylic oxidation sites excluding steroid dienone is 2. The largest absolute Gasteiger partial charge is 0.508 e. The van der Waals surface area contributed by atoms with Gasteiger partial charge in [0.25, 0.3) is 0 Å². The predicted octanol–water partition coefficient (Wildman–Crippen LogP) is 5.38. The fourth-order valence-corrected chi connectivity index (χ4v) is 2.43. The van der Waals surface area contributed by atoms with Crippen molar-refractivity contribution >= 4 is 11.5 Å². The van der Waals surface area contributed by atoms with Crippen molar-refractivity contribution in [1.82, 2.24) is 0 Å². The molecule has 2 N–H and O–H groups in total. The summed E-state index contributed by atoms with van der Waals surface area (Å²) in [7, 11) is 0. The molecule has 0 aliphatic carbocycles. The average molecular weight is 345 g/mol. The highest BCUT2D eigenvalue weighted by Gasteiger charge is 2.07. The number of ether oxygens (including phenoxy) is 1. The molecule has 0 unspecified atom stereocenters. The Morgan fingerprint density at radius 3 is 2.31 bits per heavy atom. The minimum Gasteiger partial charge on any atom is -0.508 e. The van der Waals surface area contributed by atoms with Crippen molar-refractivity contribution in [2.24, 2.45) is 0 Å². The number of para-hydroxylation sites is 2. The Morgan fingerprint density at radius 2 is 1.58 bits per heavy atom. The topological polar surface area (TPSA) is 58.6 Å². The number of ketones is 1. The van der Waals surface area contributed by atoms with Gasteiger partial charge in [0.2, 0.25) is 0 Å². The maximum atomic E-state index is 12.3. The molecule has 3 aromatic carbocycles. The minimum absolute atomic E-state index is 0.0625. The molecular weight excluding hydrogens is 326 g/mol. The summed E-state index contributed by atoms with van der Waals surface area (Å²) in [5.74, 6) is 1.35. The van der Waals surface area contributed by atoms with Gasteiger partial charge in [0.05, 0.1) is 5.69 Å². The van der Waals surface area contributed by atoms with Gasteiger partial charge in [0.15, 0.2) is 11.5 Å². The molecule has 4 nitrogen and oxygen atoms in total. The highest BCUT2D eigenvalue weighted by atomic mass is 16.5. The van der Waals surface area contributed by atoms with Gasteiger partial charge < -0.3 is 15.2 Å². The molecule has 3 aromatic rings. The number of carbonyl (C=O) groups excluding carboxylic acids is 1. The lowest BCUT2D eigenvalue weighted by Crippen LogP contribution is -2.02. The predicted molar refractivity (Wildman–Crippen MR) is 103 cm³/mol. The summed E-state index contributed by atoms with van der Waals surface area (Å²) in [6.45, 7) is 1.83. The second-order valence-electron chi connectivity index (χ2n) is 5.77. The maximum absolute atomic E-state index is 12.3. The first-order valence-corrected chi connectivity index (χ1v) is 8.22. The first kappa shape index (κ1) is 17.3. The van der Waals surface area contributed by atoms with Crippen LogP contribution in [0.25, 0.3) is 0 Å². The van der Waals surface area contributed by atoms with Gasteiger partial charge in [-0.2, -0.15) is 0 Å². The van der Waals surface area contributed by atoms with Gasteiger partial charge in [-0.15, -0.1) is 0 Å². The van der Waals surface area contributed by atoms with Crippen LogP contribution in [-0.4, -0.2) is 10.9 Å². The van der Waals surface area contributed by atoms with Gasteiger partial charge >= 0.3 is 0 Å². The van der Waals surface area contributed by atoms with Crippen molar-refractivity contribution in [1.29, 1.82) is 0 Å². The van der Waals surface area contributed by atoms with Crippen LogP contribution in [0, 0.1) is 0 Å². The van der Waals surface area contributed by atoms with Gasteiger partial charge in [-0.1, -0.05) is 42.5 Å². The molecule has 4 heteroatoms. The van der Waals surface area contributed by atoms with E-state index in [1.165, 1.54) is 0 Å². The fraction of sp³-hybridized carbons (Fsp3) is 0.0455. The van der Waals surface area contributed by atoms with Gasteiger partial charge in [0.1, 0.15) is 11.5 Å². The zero-order valence-corrected chi connectivity index (χ0v) is 14.3. The van der Waals surface area contributed by atoms with Crippen LogP contribution in [0.2, 0.25) is 0 Å². The van der Waals surface area contributed by atoms with E-state index in [1.54, 1.807) is 42.5 Å². The molecule has 26 heavy (non-hydrogen) atoms. The molecule has 0 saturated carbocycles. The van der Waals surface area contributed by atoms with Crippen molar-refractivity contribution in [3.8, 4) is 17.2 Å². The third-order valence-corrected chi connectivity index (χ3v) is 3.69. The van der Waals surface area contributed by atoms with E-state index in [9.17, 15) is 9.90 Å². The average Bonchev–Trinajstić information content (AvgIpc) is 2.66. The van der Waals surface area contributed by atoms with E-state index in [1.807, 2.05) is 49.4 Å². The molecule has 0 aliphatic heterocycles. The minimum atomic E-state index is -0.0625. The first-order valence-electron chi connectivity index (χ1n) is 8.22. The molecule has 0 bridgehead atoms. The Hall–Kier alpha value is -3.53. The summed E-state index contributed by atoms with van der Waals surface area (Å²) in [6.07, 6.45) is 1.56. The summed E-state index contributed by atoms with van der Waals surface area (Å²) in [4.78, 5) is 12.3. The number of phenols is 1. The number of hydrogen-bond acceptors (Lipinski definition) is 4. The van der Waals surface area contributed by atoms with E-state index in [-0.39, 0.29) is 11.5 Å². The van der Waals surface area contributed by atoms with Crippen LogP contribution in [0.5, 0.6) is 17.2 Å². The van der Waals surface area contributed by atoms with Crippen LogP contribution >= 0.6 is 0 Å². The fourth-order valence-electron chi connectivity index (χ4n) is 2.43.